The maximum Gasteiger partial charge on any atom is 0.0848 e. The lowest BCUT2D eigenvalue weighted by atomic mass is 10.0. The first-order valence-corrected chi connectivity index (χ1v) is 14.8. The normalized spacial score (nSPS) is 12.5. The summed E-state index contributed by atoms with van der Waals surface area (Å²) in [7, 11) is 0. The molecule has 2 nitrogen and oxygen atoms in total. The average molecular weight is 487 g/mol. The quantitative estimate of drug-likeness (QED) is 0.131. The van der Waals surface area contributed by atoms with E-state index in [2.05, 4.69) is 74.5 Å². The van der Waals surface area contributed by atoms with E-state index in [1.54, 1.807) is 0 Å². The number of rotatable bonds is 20. The van der Waals surface area contributed by atoms with E-state index in [4.69, 9.17) is 9.98 Å². The summed E-state index contributed by atoms with van der Waals surface area (Å²) in [5.74, 6) is 0. The Kier molecular flexibility index (Phi) is 17.1. The maximum atomic E-state index is 5.06. The van der Waals surface area contributed by atoms with E-state index in [1.807, 2.05) is 12.1 Å². The van der Waals surface area contributed by atoms with Crippen molar-refractivity contribution in [2.24, 2.45) is 9.98 Å². The molecule has 0 radical (unpaired) electrons. The molecule has 0 saturated carbocycles. The summed E-state index contributed by atoms with van der Waals surface area (Å²) in [4.78, 5) is 10.1. The summed E-state index contributed by atoms with van der Waals surface area (Å²) in [6.07, 6.45) is 25.3. The van der Waals surface area contributed by atoms with Gasteiger partial charge in [0.05, 0.1) is 22.8 Å². The third-order valence-corrected chi connectivity index (χ3v) is 6.59. The van der Waals surface area contributed by atoms with Crippen molar-refractivity contribution in [2.45, 2.75) is 117 Å². The van der Waals surface area contributed by atoms with E-state index in [-0.39, 0.29) is 0 Å². The lowest BCUT2D eigenvalue weighted by molar-refractivity contribution is 0.557. The minimum absolute atomic E-state index is 0.961. The summed E-state index contributed by atoms with van der Waals surface area (Å²) < 4.78 is 0. The zero-order valence-electron chi connectivity index (χ0n) is 23.1. The molecule has 0 aromatic heterocycles. The minimum atomic E-state index is 0.961. The smallest absolute Gasteiger partial charge is 0.0848 e. The van der Waals surface area contributed by atoms with Gasteiger partial charge in [0.25, 0.3) is 0 Å². The van der Waals surface area contributed by atoms with Gasteiger partial charge >= 0.3 is 0 Å². The lowest BCUT2D eigenvalue weighted by Crippen LogP contribution is -2.12. The zero-order valence-corrected chi connectivity index (χ0v) is 23.1. The molecule has 0 spiro atoms. The van der Waals surface area contributed by atoms with Crippen molar-refractivity contribution in [1.29, 1.82) is 0 Å². The van der Waals surface area contributed by atoms with Gasteiger partial charge in [0.15, 0.2) is 0 Å². The number of hydrogen-bond donors (Lipinski definition) is 0. The van der Waals surface area contributed by atoms with E-state index in [0.717, 1.165) is 42.1 Å². The van der Waals surface area contributed by atoms with Gasteiger partial charge in [-0.3, -0.25) is 4.99 Å². The van der Waals surface area contributed by atoms with Crippen LogP contribution in [0.4, 0.5) is 11.4 Å². The number of hydrogen-bond acceptors (Lipinski definition) is 2. The molecule has 2 heteroatoms. The van der Waals surface area contributed by atoms with Crippen molar-refractivity contribution >= 4 is 22.8 Å². The van der Waals surface area contributed by atoms with E-state index in [9.17, 15) is 0 Å². The highest BCUT2D eigenvalue weighted by atomic mass is 14.8. The zero-order chi connectivity index (χ0) is 25.5. The van der Waals surface area contributed by atoms with Gasteiger partial charge in [0, 0.05) is 0 Å². The molecule has 0 aliphatic rings. The third-order valence-electron chi connectivity index (χ3n) is 6.59. The summed E-state index contributed by atoms with van der Waals surface area (Å²) >= 11 is 0. The molecule has 0 aliphatic heterocycles. The summed E-state index contributed by atoms with van der Waals surface area (Å²) in [5.41, 5.74) is 4.10. The number of benzene rings is 2. The predicted octanol–water partition coefficient (Wildman–Crippen LogP) is 11.4. The molecule has 0 fully saturated rings. The molecule has 0 heterocycles. The van der Waals surface area contributed by atoms with Crippen molar-refractivity contribution in [3.8, 4) is 0 Å². The number of para-hydroxylation sites is 2. The Bertz CT molecular complexity index is 865. The molecule has 36 heavy (non-hydrogen) atoms. The Morgan fingerprint density at radius 3 is 1.58 bits per heavy atom. The van der Waals surface area contributed by atoms with Crippen molar-refractivity contribution < 1.29 is 0 Å². The molecular formula is C34H50N2. The topological polar surface area (TPSA) is 24.7 Å². The van der Waals surface area contributed by atoms with Crippen LogP contribution in [0, 0.1) is 0 Å². The molecule has 0 aliphatic carbocycles. The van der Waals surface area contributed by atoms with Crippen LogP contribution < -0.4 is 0 Å². The highest BCUT2D eigenvalue weighted by molar-refractivity contribution is 6.47. The molecule has 0 bridgehead atoms. The molecule has 196 valence electrons. The minimum Gasteiger partial charge on any atom is -0.251 e. The van der Waals surface area contributed by atoms with E-state index < -0.39 is 0 Å². The average Bonchev–Trinajstić information content (AvgIpc) is 2.91. The second kappa shape index (κ2) is 20.7. The van der Waals surface area contributed by atoms with Crippen molar-refractivity contribution in [3.63, 3.8) is 0 Å². The van der Waals surface area contributed by atoms with Gasteiger partial charge in [0.2, 0.25) is 0 Å². The first kappa shape index (κ1) is 29.7. The molecule has 0 unspecified atom stereocenters. The van der Waals surface area contributed by atoms with E-state index in [0.29, 0.717) is 0 Å². The van der Waals surface area contributed by atoms with Gasteiger partial charge in [-0.1, -0.05) is 133 Å². The molecule has 0 saturated heterocycles. The van der Waals surface area contributed by atoms with E-state index >= 15 is 0 Å². The molecule has 2 aromatic carbocycles. The molecule has 2 rings (SSSR count). The maximum absolute atomic E-state index is 5.06. The molecule has 2 aromatic rings. The van der Waals surface area contributed by atoms with Gasteiger partial charge < -0.3 is 0 Å². The first-order valence-electron chi connectivity index (χ1n) is 14.8. The SMILES string of the molecule is CCCCCCCCCCCCC=CC(=Nc1ccccc1)C(CCCCCC)=Nc1ccccc1. The van der Waals surface area contributed by atoms with Crippen LogP contribution >= 0.6 is 0 Å². The Balaban J connectivity index is 1.98. The number of allylic oxidation sites excluding steroid dienone is 2. The van der Waals surface area contributed by atoms with Gasteiger partial charge in [0.1, 0.15) is 0 Å². The third kappa shape index (κ3) is 14.2. The fourth-order valence-corrected chi connectivity index (χ4v) is 4.40. The van der Waals surface area contributed by atoms with Gasteiger partial charge in [-0.2, -0.15) is 0 Å². The second-order valence-electron chi connectivity index (χ2n) is 9.91. The largest absolute Gasteiger partial charge is 0.251 e. The highest BCUT2D eigenvalue weighted by Crippen LogP contribution is 2.18. The van der Waals surface area contributed by atoms with Gasteiger partial charge in [-0.25, -0.2) is 4.99 Å². The fraction of sp³-hybridized carbons (Fsp3) is 0.529. The summed E-state index contributed by atoms with van der Waals surface area (Å²) in [6.45, 7) is 4.55. The van der Waals surface area contributed by atoms with Gasteiger partial charge in [-0.05, 0) is 56.0 Å². The molecular weight excluding hydrogens is 436 g/mol. The van der Waals surface area contributed by atoms with Crippen molar-refractivity contribution in [2.75, 3.05) is 0 Å². The van der Waals surface area contributed by atoms with Gasteiger partial charge in [-0.15, -0.1) is 0 Å². The van der Waals surface area contributed by atoms with E-state index in [1.165, 1.54) is 83.5 Å². The van der Waals surface area contributed by atoms with Crippen LogP contribution in [0.5, 0.6) is 0 Å². The van der Waals surface area contributed by atoms with Crippen LogP contribution in [0.2, 0.25) is 0 Å². The van der Waals surface area contributed by atoms with Crippen LogP contribution in [-0.4, -0.2) is 11.4 Å². The first-order chi connectivity index (χ1) is 17.8. The van der Waals surface area contributed by atoms with Crippen molar-refractivity contribution in [1.82, 2.24) is 0 Å². The number of nitrogens with zero attached hydrogens (tertiary/aromatic N) is 2. The molecule has 0 atom stereocenters. The Hall–Kier alpha value is -2.48. The van der Waals surface area contributed by atoms with Crippen molar-refractivity contribution in [3.05, 3.63) is 72.8 Å². The Morgan fingerprint density at radius 1 is 0.556 bits per heavy atom. The Labute approximate surface area is 222 Å². The standard InChI is InChI=1S/C34H50N2/c1-3-5-7-9-10-11-12-13-14-15-16-24-30-34(36-32-27-21-18-22-28-32)33(29-23-8-6-4-2)35-31-25-19-17-20-26-31/h17-22,24-28,30H,3-16,23,29H2,1-2H3. The number of unbranched alkanes of at least 4 members (excludes halogenated alkanes) is 13. The lowest BCUT2D eigenvalue weighted by Gasteiger charge is -2.09. The van der Waals surface area contributed by atoms with Crippen LogP contribution in [0.3, 0.4) is 0 Å². The highest BCUT2D eigenvalue weighted by Gasteiger charge is 2.08. The molecule has 0 N–H and O–H groups in total. The molecule has 0 amide bonds. The predicted molar refractivity (Wildman–Crippen MR) is 161 cm³/mol. The summed E-state index contributed by atoms with van der Waals surface area (Å²) in [5, 5.41) is 0. The second-order valence-corrected chi connectivity index (χ2v) is 9.91. The Morgan fingerprint density at radius 2 is 1.03 bits per heavy atom. The van der Waals surface area contributed by atoms with Crippen LogP contribution in [-0.2, 0) is 0 Å². The van der Waals surface area contributed by atoms with Crippen LogP contribution in [0.1, 0.15) is 117 Å². The summed E-state index contributed by atoms with van der Waals surface area (Å²) in [6, 6.07) is 20.6. The van der Waals surface area contributed by atoms with Crippen LogP contribution in [0.15, 0.2) is 82.8 Å². The number of aliphatic imine (C=N–C) groups is 2. The van der Waals surface area contributed by atoms with Crippen LogP contribution in [0.25, 0.3) is 0 Å². The fourth-order valence-electron chi connectivity index (χ4n) is 4.40. The monoisotopic (exact) mass is 486 g/mol.